The van der Waals surface area contributed by atoms with E-state index in [9.17, 15) is 8.42 Å². The van der Waals surface area contributed by atoms with E-state index in [-0.39, 0.29) is 0 Å². The molecule has 0 spiro atoms. The molecule has 0 amide bonds. The molecule has 0 aliphatic rings. The van der Waals surface area contributed by atoms with Gasteiger partial charge < -0.3 is 4.72 Å². The molecule has 0 unspecified atom stereocenters. The summed E-state index contributed by atoms with van der Waals surface area (Å²) in [7, 11) is -3.68. The van der Waals surface area contributed by atoms with Crippen LogP contribution in [0.5, 0.6) is 0 Å². The minimum atomic E-state index is -3.68. The van der Waals surface area contributed by atoms with Gasteiger partial charge in [0.25, 0.3) is 0 Å². The Bertz CT molecular complexity index is 726. The smallest absolute Gasteiger partial charge is 0.123 e. The summed E-state index contributed by atoms with van der Waals surface area (Å²) in [5.41, 5.74) is 3.97. The van der Waals surface area contributed by atoms with Crippen molar-refractivity contribution in [1.29, 1.82) is 0 Å². The van der Waals surface area contributed by atoms with Crippen molar-refractivity contribution in [1.82, 2.24) is 0 Å². The maximum Gasteiger partial charge on any atom is 0.123 e. The number of hydrogen-bond donors (Lipinski definition) is 0. The highest BCUT2D eigenvalue weighted by Gasteiger charge is 2.12. The standard InChI is InChI=1S/C16H18NO2S/c1-11-6-5-7-15(10-11)17-20(18,19)16-13(3)8-12(2)9-14(16)4/h5-10H,1-4H3/q-1. The maximum atomic E-state index is 12.5. The van der Waals surface area contributed by atoms with Crippen LogP contribution in [0.3, 0.4) is 0 Å². The van der Waals surface area contributed by atoms with Crippen LogP contribution in [0.15, 0.2) is 41.3 Å². The van der Waals surface area contributed by atoms with Gasteiger partial charge in [-0.1, -0.05) is 47.5 Å². The summed E-state index contributed by atoms with van der Waals surface area (Å²) in [5, 5.41) is 0. The fraction of sp³-hybridized carbons (Fsp3) is 0.250. The highest BCUT2D eigenvalue weighted by molar-refractivity contribution is 7.94. The molecule has 0 radical (unpaired) electrons. The largest absolute Gasteiger partial charge is 0.573 e. The molecule has 106 valence electrons. The highest BCUT2D eigenvalue weighted by atomic mass is 32.2. The molecule has 2 aromatic carbocycles. The molecule has 0 N–H and O–H groups in total. The van der Waals surface area contributed by atoms with E-state index in [4.69, 9.17) is 0 Å². The van der Waals surface area contributed by atoms with Gasteiger partial charge in [-0.15, -0.1) is 5.69 Å². The zero-order chi connectivity index (χ0) is 14.9. The average Bonchev–Trinajstić information content (AvgIpc) is 2.25. The second-order valence-corrected chi connectivity index (χ2v) is 6.67. The van der Waals surface area contributed by atoms with Crippen LogP contribution >= 0.6 is 0 Å². The van der Waals surface area contributed by atoms with Gasteiger partial charge in [-0.2, -0.15) is 0 Å². The van der Waals surface area contributed by atoms with Gasteiger partial charge >= 0.3 is 0 Å². The third-order valence-corrected chi connectivity index (χ3v) is 4.70. The minimum Gasteiger partial charge on any atom is -0.573 e. The molecule has 0 fully saturated rings. The Kier molecular flexibility index (Phi) is 3.86. The van der Waals surface area contributed by atoms with Crippen molar-refractivity contribution in [2.24, 2.45) is 0 Å². The fourth-order valence-electron chi connectivity index (χ4n) is 2.44. The van der Waals surface area contributed by atoms with Crippen LogP contribution in [0.2, 0.25) is 0 Å². The summed E-state index contributed by atoms with van der Waals surface area (Å²) in [6.07, 6.45) is 0. The van der Waals surface area contributed by atoms with Gasteiger partial charge in [0.2, 0.25) is 0 Å². The van der Waals surface area contributed by atoms with E-state index in [0.717, 1.165) is 22.3 Å². The molecule has 0 bridgehead atoms. The lowest BCUT2D eigenvalue weighted by Gasteiger charge is -2.25. The zero-order valence-electron chi connectivity index (χ0n) is 12.1. The number of rotatable bonds is 3. The molecule has 0 saturated heterocycles. The van der Waals surface area contributed by atoms with E-state index in [1.807, 2.05) is 32.0 Å². The average molecular weight is 288 g/mol. The molecule has 20 heavy (non-hydrogen) atoms. The second kappa shape index (κ2) is 5.29. The van der Waals surface area contributed by atoms with Crippen LogP contribution in [0.25, 0.3) is 4.72 Å². The molecule has 2 rings (SSSR count). The third kappa shape index (κ3) is 3.02. The lowest BCUT2D eigenvalue weighted by Crippen LogP contribution is -2.04. The first-order valence-electron chi connectivity index (χ1n) is 6.42. The molecular formula is C16H18NO2S-. The lowest BCUT2D eigenvalue weighted by atomic mass is 10.1. The Morgan fingerprint density at radius 1 is 0.850 bits per heavy atom. The zero-order valence-corrected chi connectivity index (χ0v) is 13.0. The predicted octanol–water partition coefficient (Wildman–Crippen LogP) is 4.31. The summed E-state index contributed by atoms with van der Waals surface area (Å²) in [6, 6.07) is 10.9. The summed E-state index contributed by atoms with van der Waals surface area (Å²) >= 11 is 0. The Morgan fingerprint density at radius 2 is 1.45 bits per heavy atom. The molecule has 0 heterocycles. The van der Waals surface area contributed by atoms with Crippen molar-refractivity contribution in [3.05, 3.63) is 63.4 Å². The first-order chi connectivity index (χ1) is 9.29. The molecule has 0 aliphatic heterocycles. The Morgan fingerprint density at radius 3 is 2.00 bits per heavy atom. The van der Waals surface area contributed by atoms with Crippen molar-refractivity contribution in [2.45, 2.75) is 32.6 Å². The Balaban J connectivity index is 2.46. The highest BCUT2D eigenvalue weighted by Crippen LogP contribution is 2.32. The number of sulfonamides is 1. The van der Waals surface area contributed by atoms with Crippen LogP contribution in [-0.4, -0.2) is 8.42 Å². The van der Waals surface area contributed by atoms with Gasteiger partial charge in [-0.05, 0) is 38.8 Å². The van der Waals surface area contributed by atoms with E-state index < -0.39 is 10.0 Å². The maximum absolute atomic E-state index is 12.5. The summed E-state index contributed by atoms with van der Waals surface area (Å²) in [5.74, 6) is 0. The van der Waals surface area contributed by atoms with E-state index in [0.29, 0.717) is 10.6 Å². The Labute approximate surface area is 120 Å². The van der Waals surface area contributed by atoms with Crippen LogP contribution < -0.4 is 0 Å². The minimum absolute atomic E-state index is 0.310. The number of benzene rings is 2. The molecule has 3 nitrogen and oxygen atoms in total. The monoisotopic (exact) mass is 288 g/mol. The van der Waals surface area contributed by atoms with Crippen molar-refractivity contribution in [2.75, 3.05) is 0 Å². The number of hydrogen-bond acceptors (Lipinski definition) is 2. The van der Waals surface area contributed by atoms with Gasteiger partial charge in [0, 0.05) is 0 Å². The lowest BCUT2D eigenvalue weighted by molar-refractivity contribution is 0.602. The number of aryl methyl sites for hydroxylation is 4. The fourth-order valence-corrected chi connectivity index (χ4v) is 3.86. The second-order valence-electron chi connectivity index (χ2n) is 5.13. The van der Waals surface area contributed by atoms with Crippen molar-refractivity contribution < 1.29 is 8.42 Å². The van der Waals surface area contributed by atoms with E-state index in [2.05, 4.69) is 4.72 Å². The van der Waals surface area contributed by atoms with Gasteiger partial charge in [0.1, 0.15) is 10.0 Å². The first kappa shape index (κ1) is 14.6. The first-order valence-corrected chi connectivity index (χ1v) is 7.86. The molecule has 4 heteroatoms. The SMILES string of the molecule is Cc1cccc([N-]S(=O)(=O)c2c(C)cc(C)cc2C)c1. The predicted molar refractivity (Wildman–Crippen MR) is 82.0 cm³/mol. The summed E-state index contributed by atoms with van der Waals surface area (Å²) in [4.78, 5) is 0.310. The van der Waals surface area contributed by atoms with Crippen LogP contribution in [0, 0.1) is 27.7 Å². The van der Waals surface area contributed by atoms with Crippen LogP contribution in [0.4, 0.5) is 5.69 Å². The van der Waals surface area contributed by atoms with Crippen LogP contribution in [0.1, 0.15) is 22.3 Å². The van der Waals surface area contributed by atoms with Gasteiger partial charge in [-0.3, -0.25) is 0 Å². The topological polar surface area (TPSA) is 48.2 Å². The molecular weight excluding hydrogens is 270 g/mol. The molecule has 0 aromatic heterocycles. The Hall–Kier alpha value is -1.81. The van der Waals surface area contributed by atoms with E-state index in [1.54, 1.807) is 32.0 Å². The number of nitrogens with zero attached hydrogens (tertiary/aromatic N) is 1. The molecule has 0 saturated carbocycles. The van der Waals surface area contributed by atoms with E-state index in [1.165, 1.54) is 0 Å². The molecule has 0 atom stereocenters. The summed E-state index contributed by atoms with van der Waals surface area (Å²) < 4.78 is 28.9. The molecule has 2 aromatic rings. The normalized spacial score (nSPS) is 11.4. The van der Waals surface area contributed by atoms with Gasteiger partial charge in [0.05, 0.1) is 4.90 Å². The quantitative estimate of drug-likeness (QED) is 0.844. The van der Waals surface area contributed by atoms with Gasteiger partial charge in [-0.25, -0.2) is 8.42 Å². The van der Waals surface area contributed by atoms with Crippen molar-refractivity contribution in [3.8, 4) is 0 Å². The van der Waals surface area contributed by atoms with Crippen molar-refractivity contribution >= 4 is 15.7 Å². The van der Waals surface area contributed by atoms with Crippen LogP contribution in [-0.2, 0) is 10.0 Å². The summed E-state index contributed by atoms with van der Waals surface area (Å²) in [6.45, 7) is 7.47. The molecule has 0 aliphatic carbocycles. The van der Waals surface area contributed by atoms with E-state index >= 15 is 0 Å². The van der Waals surface area contributed by atoms with Crippen molar-refractivity contribution in [3.63, 3.8) is 0 Å². The third-order valence-electron chi connectivity index (χ3n) is 3.09. The van der Waals surface area contributed by atoms with Gasteiger partial charge in [0.15, 0.2) is 0 Å².